The largest absolute Gasteiger partial charge is 0.262 e. The summed E-state index contributed by atoms with van der Waals surface area (Å²) in [6.45, 7) is 4.40. The number of aromatic nitrogens is 1. The molecule has 2 heteroatoms. The Kier molecular flexibility index (Phi) is 2.87. The number of allylic oxidation sites excluding steroid dienone is 1. The summed E-state index contributed by atoms with van der Waals surface area (Å²) in [6.07, 6.45) is 4.46. The second-order valence-electron chi connectivity index (χ2n) is 4.07. The van der Waals surface area contributed by atoms with Gasteiger partial charge >= 0.3 is 0 Å². The summed E-state index contributed by atoms with van der Waals surface area (Å²) in [5.41, 5.74) is 1.31. The smallest absolute Gasteiger partial charge is 0.185 e. The average molecular weight is 218 g/mol. The van der Waals surface area contributed by atoms with Crippen molar-refractivity contribution in [3.05, 3.63) is 35.3 Å². The molecule has 1 nitrogen and oxygen atoms in total. The highest BCUT2D eigenvalue weighted by Gasteiger charge is 2.12. The molecule has 0 unspecified atom stereocenters. The summed E-state index contributed by atoms with van der Waals surface area (Å²) >= 11 is 1.84. The lowest BCUT2D eigenvalue weighted by Crippen LogP contribution is -2.28. The molecule has 1 aromatic carbocycles. The second-order valence-corrected chi connectivity index (χ2v) is 5.13. The minimum atomic E-state index is 0.607. The van der Waals surface area contributed by atoms with E-state index in [-0.39, 0.29) is 0 Å². The molecule has 0 aliphatic carbocycles. The van der Waals surface area contributed by atoms with Crippen LogP contribution in [0.15, 0.2) is 30.3 Å². The molecule has 0 aliphatic heterocycles. The van der Waals surface area contributed by atoms with E-state index in [0.717, 1.165) is 0 Å². The molecule has 2 rings (SSSR count). The van der Waals surface area contributed by atoms with Gasteiger partial charge in [-0.25, -0.2) is 0 Å². The summed E-state index contributed by atoms with van der Waals surface area (Å²) < 4.78 is 3.60. The molecule has 0 spiro atoms. The van der Waals surface area contributed by atoms with Gasteiger partial charge in [-0.05, 0) is 12.0 Å². The predicted molar refractivity (Wildman–Crippen MR) is 66.9 cm³/mol. The number of para-hydroxylation sites is 1. The van der Waals surface area contributed by atoms with E-state index in [1.807, 2.05) is 11.3 Å². The number of hydrogen-bond acceptors (Lipinski definition) is 1. The third kappa shape index (κ3) is 2.10. The van der Waals surface area contributed by atoms with Crippen molar-refractivity contribution in [1.82, 2.24) is 0 Å². The van der Waals surface area contributed by atoms with E-state index in [0.29, 0.717) is 5.92 Å². The fraction of sp³-hybridized carbons (Fsp3) is 0.308. The van der Waals surface area contributed by atoms with E-state index in [1.165, 1.54) is 15.2 Å². The van der Waals surface area contributed by atoms with Crippen molar-refractivity contribution in [3.63, 3.8) is 0 Å². The van der Waals surface area contributed by atoms with Crippen LogP contribution >= 0.6 is 11.3 Å². The van der Waals surface area contributed by atoms with Crippen LogP contribution in [0.5, 0.6) is 0 Å². The summed E-state index contributed by atoms with van der Waals surface area (Å²) in [4.78, 5) is 0. The standard InChI is InChI=1S/C13H16NS/c1-10(2)8-9-13-14(3)11-6-4-5-7-12(11)15-13/h4-10H,1-3H3/q+1. The summed E-state index contributed by atoms with van der Waals surface area (Å²) in [7, 11) is 2.12. The summed E-state index contributed by atoms with van der Waals surface area (Å²) in [5.74, 6) is 0.607. The highest BCUT2D eigenvalue weighted by atomic mass is 32.1. The molecule has 0 N–H and O–H groups in total. The molecular formula is C13H16NS+. The first kappa shape index (κ1) is 10.4. The molecule has 0 atom stereocenters. The zero-order chi connectivity index (χ0) is 10.8. The Balaban J connectivity index is 2.49. The predicted octanol–water partition coefficient (Wildman–Crippen LogP) is 3.40. The SMILES string of the molecule is CC(C)C=Cc1sc2ccccc2[n+]1C. The number of thiazole rings is 1. The molecule has 0 saturated carbocycles. The van der Waals surface area contributed by atoms with Crippen LogP contribution in [-0.4, -0.2) is 0 Å². The molecule has 78 valence electrons. The van der Waals surface area contributed by atoms with Gasteiger partial charge in [0, 0.05) is 12.1 Å². The number of aryl methyl sites for hydroxylation is 1. The van der Waals surface area contributed by atoms with Crippen LogP contribution in [0.25, 0.3) is 16.3 Å². The maximum absolute atomic E-state index is 2.25. The van der Waals surface area contributed by atoms with Gasteiger partial charge < -0.3 is 0 Å². The molecule has 0 radical (unpaired) electrons. The Morgan fingerprint density at radius 2 is 2.00 bits per heavy atom. The van der Waals surface area contributed by atoms with Crippen molar-refractivity contribution < 1.29 is 4.57 Å². The average Bonchev–Trinajstić information content (AvgIpc) is 2.54. The highest BCUT2D eigenvalue weighted by Crippen LogP contribution is 2.20. The van der Waals surface area contributed by atoms with Gasteiger partial charge in [-0.1, -0.05) is 43.4 Å². The van der Waals surface area contributed by atoms with Crippen molar-refractivity contribution in [1.29, 1.82) is 0 Å². The Bertz CT molecular complexity index is 494. The molecule has 0 saturated heterocycles. The molecule has 0 bridgehead atoms. The van der Waals surface area contributed by atoms with Crippen LogP contribution in [0.4, 0.5) is 0 Å². The molecule has 15 heavy (non-hydrogen) atoms. The van der Waals surface area contributed by atoms with Crippen molar-refractivity contribution in [3.8, 4) is 0 Å². The van der Waals surface area contributed by atoms with Crippen LogP contribution in [0, 0.1) is 5.92 Å². The Morgan fingerprint density at radius 1 is 1.27 bits per heavy atom. The molecule has 1 aromatic heterocycles. The van der Waals surface area contributed by atoms with Gasteiger partial charge in [0.1, 0.15) is 11.7 Å². The lowest BCUT2D eigenvalue weighted by Gasteiger charge is -1.90. The zero-order valence-electron chi connectivity index (χ0n) is 9.40. The van der Waals surface area contributed by atoms with Crippen molar-refractivity contribution in [2.45, 2.75) is 13.8 Å². The fourth-order valence-corrected chi connectivity index (χ4v) is 2.60. The van der Waals surface area contributed by atoms with Gasteiger partial charge in [-0.15, -0.1) is 0 Å². The van der Waals surface area contributed by atoms with Crippen LogP contribution in [-0.2, 0) is 7.05 Å². The monoisotopic (exact) mass is 218 g/mol. The quantitative estimate of drug-likeness (QED) is 0.680. The molecule has 2 aromatic rings. The first-order valence-corrected chi connectivity index (χ1v) is 6.06. The van der Waals surface area contributed by atoms with Gasteiger partial charge in [0.15, 0.2) is 0 Å². The third-order valence-corrected chi connectivity index (χ3v) is 3.58. The van der Waals surface area contributed by atoms with Crippen LogP contribution < -0.4 is 4.57 Å². The Labute approximate surface area is 94.7 Å². The van der Waals surface area contributed by atoms with E-state index in [4.69, 9.17) is 0 Å². The van der Waals surface area contributed by atoms with E-state index in [2.05, 4.69) is 61.9 Å². The normalized spacial score (nSPS) is 12.0. The molecule has 1 heterocycles. The maximum atomic E-state index is 2.25. The lowest BCUT2D eigenvalue weighted by molar-refractivity contribution is -0.642. The van der Waals surface area contributed by atoms with E-state index >= 15 is 0 Å². The third-order valence-electron chi connectivity index (χ3n) is 2.40. The van der Waals surface area contributed by atoms with Crippen molar-refractivity contribution in [2.75, 3.05) is 0 Å². The topological polar surface area (TPSA) is 3.88 Å². The van der Waals surface area contributed by atoms with E-state index < -0.39 is 0 Å². The molecule has 0 aliphatic rings. The molecular weight excluding hydrogens is 202 g/mol. The Hall–Kier alpha value is -1.15. The number of fused-ring (bicyclic) bond motifs is 1. The summed E-state index contributed by atoms with van der Waals surface area (Å²) in [5, 5.41) is 1.31. The van der Waals surface area contributed by atoms with E-state index in [1.54, 1.807) is 0 Å². The number of hydrogen-bond donors (Lipinski definition) is 0. The van der Waals surface area contributed by atoms with Gasteiger partial charge in [0.05, 0.1) is 0 Å². The molecule has 0 fully saturated rings. The fourth-order valence-electron chi connectivity index (χ4n) is 1.54. The lowest BCUT2D eigenvalue weighted by atomic mass is 10.2. The van der Waals surface area contributed by atoms with Crippen molar-refractivity contribution >= 4 is 27.6 Å². The molecule has 0 amide bonds. The summed E-state index contributed by atoms with van der Waals surface area (Å²) in [6, 6.07) is 8.52. The van der Waals surface area contributed by atoms with Gasteiger partial charge in [0.25, 0.3) is 5.01 Å². The number of rotatable bonds is 2. The zero-order valence-corrected chi connectivity index (χ0v) is 10.2. The second kappa shape index (κ2) is 4.15. The van der Waals surface area contributed by atoms with Gasteiger partial charge in [-0.2, -0.15) is 4.57 Å². The van der Waals surface area contributed by atoms with Crippen LogP contribution in [0.1, 0.15) is 18.9 Å². The Morgan fingerprint density at radius 3 is 2.67 bits per heavy atom. The minimum absolute atomic E-state index is 0.607. The van der Waals surface area contributed by atoms with Gasteiger partial charge in [0.2, 0.25) is 5.52 Å². The number of benzene rings is 1. The van der Waals surface area contributed by atoms with Crippen molar-refractivity contribution in [2.24, 2.45) is 13.0 Å². The van der Waals surface area contributed by atoms with E-state index in [9.17, 15) is 0 Å². The van der Waals surface area contributed by atoms with Gasteiger partial charge in [-0.3, -0.25) is 0 Å². The maximum Gasteiger partial charge on any atom is 0.262 e. The first-order chi connectivity index (χ1) is 7.18. The van der Waals surface area contributed by atoms with Crippen LogP contribution in [0.2, 0.25) is 0 Å². The highest BCUT2D eigenvalue weighted by molar-refractivity contribution is 7.18. The first-order valence-electron chi connectivity index (χ1n) is 5.24. The minimum Gasteiger partial charge on any atom is -0.185 e. The number of nitrogens with zero attached hydrogens (tertiary/aromatic N) is 1. The van der Waals surface area contributed by atoms with Crippen LogP contribution in [0.3, 0.4) is 0 Å².